The van der Waals surface area contributed by atoms with Gasteiger partial charge >= 0.3 is 6.03 Å². The van der Waals surface area contributed by atoms with Crippen LogP contribution < -0.4 is 10.6 Å². The molecule has 0 aliphatic carbocycles. The van der Waals surface area contributed by atoms with Crippen molar-refractivity contribution in [2.75, 3.05) is 31.1 Å². The molecule has 4 nitrogen and oxygen atoms in total. The standard InChI is InChI=1S/C16H27N3O.BrH/c1-3-5-12-18(11-4-2)13-14-19(16(17)20)15-9-7-6-8-10-15;/h6-10H,3-5,11-14H2,1-2H3,(H2,17,20);1H. The molecule has 0 saturated carbocycles. The molecule has 0 radical (unpaired) electrons. The van der Waals surface area contributed by atoms with E-state index in [1.54, 1.807) is 4.90 Å². The van der Waals surface area contributed by atoms with Crippen molar-refractivity contribution in [2.24, 2.45) is 5.73 Å². The molecule has 1 aromatic rings. The van der Waals surface area contributed by atoms with Crippen LogP contribution in [0.3, 0.4) is 0 Å². The van der Waals surface area contributed by atoms with Gasteiger partial charge in [0.1, 0.15) is 0 Å². The van der Waals surface area contributed by atoms with E-state index in [4.69, 9.17) is 5.73 Å². The first-order chi connectivity index (χ1) is 9.69. The number of unbranched alkanes of at least 4 members (excludes halogenated alkanes) is 1. The number of nitrogens with two attached hydrogens (primary N) is 1. The van der Waals surface area contributed by atoms with Crippen molar-refractivity contribution in [3.8, 4) is 0 Å². The van der Waals surface area contributed by atoms with Gasteiger partial charge in [0.15, 0.2) is 0 Å². The number of benzene rings is 1. The summed E-state index contributed by atoms with van der Waals surface area (Å²) < 4.78 is 0. The maximum absolute atomic E-state index is 11.6. The Morgan fingerprint density at radius 3 is 2.19 bits per heavy atom. The van der Waals surface area contributed by atoms with E-state index in [0.717, 1.165) is 31.7 Å². The lowest BCUT2D eigenvalue weighted by Gasteiger charge is -2.26. The van der Waals surface area contributed by atoms with E-state index in [1.165, 1.54) is 12.8 Å². The highest BCUT2D eigenvalue weighted by Crippen LogP contribution is 2.12. The first-order valence-electron chi connectivity index (χ1n) is 7.53. The third kappa shape index (κ3) is 7.48. The number of nitrogens with zero attached hydrogens (tertiary/aromatic N) is 2. The highest BCUT2D eigenvalue weighted by Gasteiger charge is 2.13. The minimum atomic E-state index is -0.386. The molecular weight excluding hydrogens is 330 g/mol. The lowest BCUT2D eigenvalue weighted by atomic mass is 10.2. The minimum Gasteiger partial charge on any atom is -0.351 e. The van der Waals surface area contributed by atoms with Crippen molar-refractivity contribution in [2.45, 2.75) is 33.1 Å². The molecule has 1 aromatic carbocycles. The van der Waals surface area contributed by atoms with E-state index in [-0.39, 0.29) is 23.0 Å². The Bertz CT molecular complexity index is 386. The van der Waals surface area contributed by atoms with Crippen LogP contribution in [-0.4, -0.2) is 37.1 Å². The number of urea groups is 1. The van der Waals surface area contributed by atoms with Gasteiger partial charge in [0.05, 0.1) is 0 Å². The Morgan fingerprint density at radius 2 is 1.67 bits per heavy atom. The predicted octanol–water partition coefficient (Wildman–Crippen LogP) is 3.66. The summed E-state index contributed by atoms with van der Waals surface area (Å²) in [4.78, 5) is 15.7. The fourth-order valence-corrected chi connectivity index (χ4v) is 2.25. The van der Waals surface area contributed by atoms with Gasteiger partial charge in [-0.1, -0.05) is 38.5 Å². The molecular formula is C16H28BrN3O. The first kappa shape index (κ1) is 19.9. The molecule has 21 heavy (non-hydrogen) atoms. The molecule has 0 unspecified atom stereocenters. The summed E-state index contributed by atoms with van der Waals surface area (Å²) in [5.41, 5.74) is 6.37. The molecule has 0 spiro atoms. The highest BCUT2D eigenvalue weighted by molar-refractivity contribution is 8.93. The van der Waals surface area contributed by atoms with Crippen LogP contribution >= 0.6 is 17.0 Å². The topological polar surface area (TPSA) is 49.6 Å². The maximum atomic E-state index is 11.6. The Hall–Kier alpha value is -1.07. The van der Waals surface area contributed by atoms with Gasteiger partial charge in [0, 0.05) is 18.8 Å². The number of carbonyl (C=O) groups is 1. The second-order valence-corrected chi connectivity index (χ2v) is 5.02. The zero-order valence-electron chi connectivity index (χ0n) is 13.1. The molecule has 120 valence electrons. The van der Waals surface area contributed by atoms with Crippen molar-refractivity contribution in [1.29, 1.82) is 0 Å². The summed E-state index contributed by atoms with van der Waals surface area (Å²) in [6.07, 6.45) is 3.52. The normalized spacial score (nSPS) is 10.2. The lowest BCUT2D eigenvalue weighted by Crippen LogP contribution is -2.42. The molecule has 1 rings (SSSR count). The number of halogens is 1. The Labute approximate surface area is 139 Å². The SMILES string of the molecule is Br.CCCCN(CCC)CCN(C(N)=O)c1ccccc1. The van der Waals surface area contributed by atoms with E-state index < -0.39 is 0 Å². The van der Waals surface area contributed by atoms with Gasteiger partial charge in [-0.05, 0) is 38.1 Å². The molecule has 5 heteroatoms. The van der Waals surface area contributed by atoms with Crippen molar-refractivity contribution in [1.82, 2.24) is 4.90 Å². The van der Waals surface area contributed by atoms with Crippen LogP contribution in [0.1, 0.15) is 33.1 Å². The second-order valence-electron chi connectivity index (χ2n) is 5.02. The first-order valence-corrected chi connectivity index (χ1v) is 7.53. The molecule has 0 fully saturated rings. The van der Waals surface area contributed by atoms with Crippen LogP contribution in [0.25, 0.3) is 0 Å². The van der Waals surface area contributed by atoms with E-state index >= 15 is 0 Å². The van der Waals surface area contributed by atoms with Gasteiger partial charge < -0.3 is 10.6 Å². The van der Waals surface area contributed by atoms with Gasteiger partial charge in [-0.3, -0.25) is 4.90 Å². The van der Waals surface area contributed by atoms with Crippen molar-refractivity contribution >= 4 is 28.7 Å². The van der Waals surface area contributed by atoms with Crippen molar-refractivity contribution in [3.05, 3.63) is 30.3 Å². The van der Waals surface area contributed by atoms with Gasteiger partial charge in [-0.25, -0.2) is 4.79 Å². The van der Waals surface area contributed by atoms with Gasteiger partial charge in [0.2, 0.25) is 0 Å². The number of amides is 2. The minimum absolute atomic E-state index is 0. The van der Waals surface area contributed by atoms with Crippen LogP contribution in [0.15, 0.2) is 30.3 Å². The largest absolute Gasteiger partial charge is 0.351 e. The Morgan fingerprint density at radius 1 is 1.00 bits per heavy atom. The smallest absolute Gasteiger partial charge is 0.319 e. The van der Waals surface area contributed by atoms with Crippen LogP contribution in [-0.2, 0) is 0 Å². The van der Waals surface area contributed by atoms with E-state index in [2.05, 4.69) is 18.7 Å². The lowest BCUT2D eigenvalue weighted by molar-refractivity contribution is 0.248. The summed E-state index contributed by atoms with van der Waals surface area (Å²) >= 11 is 0. The molecule has 2 amide bonds. The van der Waals surface area contributed by atoms with E-state index in [9.17, 15) is 4.79 Å². The molecule has 0 aliphatic heterocycles. The third-order valence-electron chi connectivity index (χ3n) is 3.34. The zero-order chi connectivity index (χ0) is 14.8. The molecule has 0 saturated heterocycles. The molecule has 0 heterocycles. The van der Waals surface area contributed by atoms with Gasteiger partial charge in [0.25, 0.3) is 0 Å². The average molecular weight is 358 g/mol. The number of para-hydroxylation sites is 1. The maximum Gasteiger partial charge on any atom is 0.319 e. The fourth-order valence-electron chi connectivity index (χ4n) is 2.25. The molecule has 0 aliphatic rings. The molecule has 0 bridgehead atoms. The number of hydrogen-bond acceptors (Lipinski definition) is 2. The monoisotopic (exact) mass is 357 g/mol. The van der Waals surface area contributed by atoms with Crippen molar-refractivity contribution in [3.63, 3.8) is 0 Å². The third-order valence-corrected chi connectivity index (χ3v) is 3.34. The summed E-state index contributed by atoms with van der Waals surface area (Å²) in [5, 5.41) is 0. The van der Waals surface area contributed by atoms with Crippen LogP contribution in [0.4, 0.5) is 10.5 Å². The van der Waals surface area contributed by atoms with Crippen LogP contribution in [0.2, 0.25) is 0 Å². The Kier molecular flexibility index (Phi) is 11.0. The molecule has 2 N–H and O–H groups in total. The quantitative estimate of drug-likeness (QED) is 0.732. The number of anilines is 1. The summed E-state index contributed by atoms with van der Waals surface area (Å²) in [5.74, 6) is 0. The number of carbonyl (C=O) groups excluding carboxylic acids is 1. The summed E-state index contributed by atoms with van der Waals surface area (Å²) in [6, 6.07) is 9.23. The number of hydrogen-bond donors (Lipinski definition) is 1. The number of primary amides is 1. The fraction of sp³-hybridized carbons (Fsp3) is 0.562. The van der Waals surface area contributed by atoms with E-state index in [0.29, 0.717) is 6.54 Å². The highest BCUT2D eigenvalue weighted by atomic mass is 79.9. The van der Waals surface area contributed by atoms with Crippen LogP contribution in [0, 0.1) is 0 Å². The van der Waals surface area contributed by atoms with Crippen molar-refractivity contribution < 1.29 is 4.79 Å². The zero-order valence-corrected chi connectivity index (χ0v) is 14.8. The number of rotatable bonds is 9. The van der Waals surface area contributed by atoms with Gasteiger partial charge in [-0.15, -0.1) is 17.0 Å². The summed E-state index contributed by atoms with van der Waals surface area (Å²) in [7, 11) is 0. The summed E-state index contributed by atoms with van der Waals surface area (Å²) in [6.45, 7) is 8.05. The molecule has 0 atom stereocenters. The Balaban J connectivity index is 0.00000400. The van der Waals surface area contributed by atoms with E-state index in [1.807, 2.05) is 30.3 Å². The van der Waals surface area contributed by atoms with Crippen LogP contribution in [0.5, 0.6) is 0 Å². The predicted molar refractivity (Wildman–Crippen MR) is 95.3 cm³/mol. The molecule has 0 aromatic heterocycles. The second kappa shape index (κ2) is 11.6. The average Bonchev–Trinajstić information content (AvgIpc) is 2.45. The van der Waals surface area contributed by atoms with Gasteiger partial charge in [-0.2, -0.15) is 0 Å².